The summed E-state index contributed by atoms with van der Waals surface area (Å²) in [4.78, 5) is 16.9. The van der Waals surface area contributed by atoms with Crippen LogP contribution in [0.4, 0.5) is 0 Å². The van der Waals surface area contributed by atoms with Gasteiger partial charge in [0.1, 0.15) is 0 Å². The third-order valence-corrected chi connectivity index (χ3v) is 3.66. The van der Waals surface area contributed by atoms with Crippen molar-refractivity contribution in [2.45, 2.75) is 26.3 Å². The number of carbonyl (C=O) groups is 1. The van der Waals surface area contributed by atoms with E-state index >= 15 is 0 Å². The van der Waals surface area contributed by atoms with Crippen LogP contribution in [0.5, 0.6) is 0 Å². The second-order valence-electron chi connectivity index (χ2n) is 5.71. The lowest BCUT2D eigenvalue weighted by atomic mass is 10.0. The first kappa shape index (κ1) is 17.7. The molecule has 4 nitrogen and oxygen atoms in total. The van der Waals surface area contributed by atoms with Crippen LogP contribution in [0.15, 0.2) is 24.3 Å². The maximum atomic E-state index is 12.9. The standard InChI is InChI=1S/C17H29N3O/c1-6-20(14(2)13-19(4)5)17(21)16-10-8-7-9-15(16)11-12-18-3/h7-10,14,18H,6,11-13H2,1-5H3. The third-order valence-electron chi connectivity index (χ3n) is 3.66. The van der Waals surface area contributed by atoms with Gasteiger partial charge in [-0.3, -0.25) is 4.79 Å². The van der Waals surface area contributed by atoms with Crippen molar-refractivity contribution in [2.24, 2.45) is 0 Å². The average Bonchev–Trinajstić information content (AvgIpc) is 2.45. The molecule has 1 unspecified atom stereocenters. The summed E-state index contributed by atoms with van der Waals surface area (Å²) in [5.74, 6) is 0.138. The van der Waals surface area contributed by atoms with E-state index in [0.29, 0.717) is 0 Å². The number of nitrogens with one attached hydrogen (secondary N) is 1. The Morgan fingerprint density at radius 3 is 2.52 bits per heavy atom. The first-order chi connectivity index (χ1) is 10.0. The minimum Gasteiger partial charge on any atom is -0.335 e. The Morgan fingerprint density at radius 2 is 1.95 bits per heavy atom. The zero-order valence-electron chi connectivity index (χ0n) is 14.0. The second kappa shape index (κ2) is 8.80. The highest BCUT2D eigenvalue weighted by atomic mass is 16.2. The minimum absolute atomic E-state index is 0.138. The molecule has 21 heavy (non-hydrogen) atoms. The molecule has 1 aromatic rings. The molecule has 0 aromatic heterocycles. The maximum absolute atomic E-state index is 12.9. The number of benzene rings is 1. The lowest BCUT2D eigenvalue weighted by molar-refractivity contribution is 0.0678. The van der Waals surface area contributed by atoms with E-state index in [1.807, 2.05) is 51.2 Å². The van der Waals surface area contributed by atoms with Gasteiger partial charge in [-0.2, -0.15) is 0 Å². The van der Waals surface area contributed by atoms with Gasteiger partial charge in [0.05, 0.1) is 0 Å². The predicted molar refractivity (Wildman–Crippen MR) is 88.8 cm³/mol. The zero-order valence-corrected chi connectivity index (χ0v) is 14.0. The topological polar surface area (TPSA) is 35.6 Å². The van der Waals surface area contributed by atoms with Crippen molar-refractivity contribution < 1.29 is 4.79 Å². The Bertz CT molecular complexity index is 445. The van der Waals surface area contributed by atoms with Crippen molar-refractivity contribution in [1.29, 1.82) is 0 Å². The molecule has 0 bridgehead atoms. The molecule has 0 spiro atoms. The van der Waals surface area contributed by atoms with Crippen LogP contribution < -0.4 is 5.32 Å². The quantitative estimate of drug-likeness (QED) is 0.794. The zero-order chi connectivity index (χ0) is 15.8. The third kappa shape index (κ3) is 5.14. The molecule has 1 amide bonds. The molecule has 1 rings (SSSR count). The van der Waals surface area contributed by atoms with E-state index < -0.39 is 0 Å². The van der Waals surface area contributed by atoms with Crippen LogP contribution in [0.25, 0.3) is 0 Å². The predicted octanol–water partition coefficient (Wildman–Crippen LogP) is 1.86. The molecule has 0 fully saturated rings. The Balaban J connectivity index is 2.94. The molecular formula is C17H29N3O. The number of rotatable bonds is 8. The normalized spacial score (nSPS) is 12.5. The summed E-state index contributed by atoms with van der Waals surface area (Å²) < 4.78 is 0. The van der Waals surface area contributed by atoms with Gasteiger partial charge in [-0.25, -0.2) is 0 Å². The van der Waals surface area contributed by atoms with Crippen molar-refractivity contribution in [3.8, 4) is 0 Å². The van der Waals surface area contributed by atoms with E-state index in [-0.39, 0.29) is 11.9 Å². The molecule has 118 valence electrons. The molecule has 0 aliphatic heterocycles. The Labute approximate surface area is 129 Å². The average molecular weight is 291 g/mol. The lowest BCUT2D eigenvalue weighted by Gasteiger charge is -2.30. The van der Waals surface area contributed by atoms with Gasteiger partial charge >= 0.3 is 0 Å². The van der Waals surface area contributed by atoms with Crippen LogP contribution in [0.2, 0.25) is 0 Å². The van der Waals surface area contributed by atoms with Gasteiger partial charge < -0.3 is 15.1 Å². The SMILES string of the molecule is CCN(C(=O)c1ccccc1CCNC)C(C)CN(C)C. The van der Waals surface area contributed by atoms with Gasteiger partial charge in [-0.1, -0.05) is 18.2 Å². The Hall–Kier alpha value is -1.39. The van der Waals surface area contributed by atoms with E-state index in [4.69, 9.17) is 0 Å². The van der Waals surface area contributed by atoms with E-state index in [2.05, 4.69) is 23.2 Å². The summed E-state index contributed by atoms with van der Waals surface area (Å²) in [5.41, 5.74) is 1.95. The lowest BCUT2D eigenvalue weighted by Crippen LogP contribution is -2.44. The first-order valence-corrected chi connectivity index (χ1v) is 7.69. The first-order valence-electron chi connectivity index (χ1n) is 7.69. The van der Waals surface area contributed by atoms with Crippen LogP contribution in [0.3, 0.4) is 0 Å². The highest BCUT2D eigenvalue weighted by molar-refractivity contribution is 5.95. The van der Waals surface area contributed by atoms with Gasteiger partial charge in [0, 0.05) is 24.7 Å². The van der Waals surface area contributed by atoms with E-state index in [1.165, 1.54) is 0 Å². The molecule has 0 heterocycles. The summed E-state index contributed by atoms with van der Waals surface area (Å²) in [6.45, 7) is 6.63. The summed E-state index contributed by atoms with van der Waals surface area (Å²) in [6, 6.07) is 8.14. The van der Waals surface area contributed by atoms with E-state index in [9.17, 15) is 4.79 Å². The fourth-order valence-corrected chi connectivity index (χ4v) is 2.64. The largest absolute Gasteiger partial charge is 0.335 e. The van der Waals surface area contributed by atoms with Crippen LogP contribution in [0.1, 0.15) is 29.8 Å². The van der Waals surface area contributed by atoms with Crippen molar-refractivity contribution in [3.05, 3.63) is 35.4 Å². The van der Waals surface area contributed by atoms with Crippen LogP contribution in [0, 0.1) is 0 Å². The highest BCUT2D eigenvalue weighted by Gasteiger charge is 2.22. The summed E-state index contributed by atoms with van der Waals surface area (Å²) in [7, 11) is 6.01. The van der Waals surface area contributed by atoms with Gasteiger partial charge in [-0.05, 0) is 59.6 Å². The molecule has 1 aromatic carbocycles. The molecule has 4 heteroatoms. The minimum atomic E-state index is 0.138. The fourth-order valence-electron chi connectivity index (χ4n) is 2.64. The maximum Gasteiger partial charge on any atom is 0.254 e. The van der Waals surface area contributed by atoms with Crippen molar-refractivity contribution in [2.75, 3.05) is 40.8 Å². The number of amides is 1. The van der Waals surface area contributed by atoms with Crippen molar-refractivity contribution in [3.63, 3.8) is 0 Å². The van der Waals surface area contributed by atoms with Gasteiger partial charge in [0.25, 0.3) is 5.91 Å². The molecule has 1 N–H and O–H groups in total. The fraction of sp³-hybridized carbons (Fsp3) is 0.588. The molecule has 0 aliphatic rings. The van der Waals surface area contributed by atoms with Gasteiger partial charge in [0.15, 0.2) is 0 Å². The molecule has 0 saturated carbocycles. The van der Waals surface area contributed by atoms with Gasteiger partial charge in [0.2, 0.25) is 0 Å². The Kier molecular flexibility index (Phi) is 7.40. The Morgan fingerprint density at radius 1 is 1.29 bits per heavy atom. The molecule has 0 radical (unpaired) electrons. The van der Waals surface area contributed by atoms with Gasteiger partial charge in [-0.15, -0.1) is 0 Å². The summed E-state index contributed by atoms with van der Waals surface area (Å²) in [6.07, 6.45) is 0.873. The number of nitrogens with zero attached hydrogens (tertiary/aromatic N) is 2. The monoisotopic (exact) mass is 291 g/mol. The number of likely N-dealkylation sites (N-methyl/N-ethyl adjacent to an activating group) is 3. The number of hydrogen-bond donors (Lipinski definition) is 1. The second-order valence-corrected chi connectivity index (χ2v) is 5.71. The van der Waals surface area contributed by atoms with E-state index in [1.54, 1.807) is 0 Å². The smallest absolute Gasteiger partial charge is 0.254 e. The van der Waals surface area contributed by atoms with Crippen molar-refractivity contribution in [1.82, 2.24) is 15.1 Å². The highest BCUT2D eigenvalue weighted by Crippen LogP contribution is 2.14. The molecule has 0 aliphatic carbocycles. The summed E-state index contributed by atoms with van der Waals surface area (Å²) in [5, 5.41) is 3.14. The van der Waals surface area contributed by atoms with Crippen LogP contribution in [-0.2, 0) is 6.42 Å². The molecular weight excluding hydrogens is 262 g/mol. The molecule has 1 atom stereocenters. The van der Waals surface area contributed by atoms with Crippen LogP contribution in [-0.4, -0.2) is 62.5 Å². The molecule has 0 saturated heterocycles. The summed E-state index contributed by atoms with van der Waals surface area (Å²) >= 11 is 0. The number of hydrogen-bond acceptors (Lipinski definition) is 3. The van der Waals surface area contributed by atoms with Crippen LogP contribution >= 0.6 is 0 Å². The van der Waals surface area contributed by atoms with E-state index in [0.717, 1.165) is 37.2 Å². The number of carbonyl (C=O) groups excluding carboxylic acids is 1. The van der Waals surface area contributed by atoms with Crippen molar-refractivity contribution >= 4 is 5.91 Å².